The zero-order chi connectivity index (χ0) is 10.8. The second-order valence-electron chi connectivity index (χ2n) is 3.49. The highest BCUT2D eigenvalue weighted by molar-refractivity contribution is 6.32. The van der Waals surface area contributed by atoms with Crippen LogP contribution in [0, 0.1) is 0 Å². The van der Waals surface area contributed by atoms with Crippen molar-refractivity contribution in [2.24, 2.45) is 0 Å². The third-order valence-corrected chi connectivity index (χ3v) is 2.81. The van der Waals surface area contributed by atoms with Gasteiger partial charge in [0, 0.05) is 26.2 Å². The first-order chi connectivity index (χ1) is 7.16. The maximum absolute atomic E-state index is 5.92. The average Bonchev–Trinajstić information content (AvgIpc) is 2.23. The van der Waals surface area contributed by atoms with Gasteiger partial charge in [-0.1, -0.05) is 11.6 Å². The standard InChI is InChI=1S/C8H11Cl2N5/c1-14-2-4-15(5-3-14)7-6(9)12-13-8(10)11-7/h2-5H2,1H3. The lowest BCUT2D eigenvalue weighted by atomic mass is 10.3. The quantitative estimate of drug-likeness (QED) is 0.739. The van der Waals surface area contributed by atoms with Gasteiger partial charge in [-0.3, -0.25) is 0 Å². The van der Waals surface area contributed by atoms with Crippen LogP contribution < -0.4 is 4.90 Å². The smallest absolute Gasteiger partial charge is 0.245 e. The van der Waals surface area contributed by atoms with Gasteiger partial charge in [0.25, 0.3) is 0 Å². The minimum atomic E-state index is 0.133. The van der Waals surface area contributed by atoms with Gasteiger partial charge in [0.1, 0.15) is 0 Å². The molecule has 1 aliphatic rings. The van der Waals surface area contributed by atoms with Gasteiger partial charge in [-0.25, -0.2) is 0 Å². The Morgan fingerprint density at radius 2 is 1.73 bits per heavy atom. The molecule has 2 heterocycles. The molecule has 1 aromatic heterocycles. The molecule has 0 radical (unpaired) electrons. The molecular weight excluding hydrogens is 237 g/mol. The van der Waals surface area contributed by atoms with Crippen molar-refractivity contribution in [2.75, 3.05) is 38.1 Å². The SMILES string of the molecule is CN1CCN(c2nc(Cl)nnc2Cl)CC1. The number of hydrogen-bond donors (Lipinski definition) is 0. The molecule has 1 aromatic rings. The number of hydrogen-bond acceptors (Lipinski definition) is 5. The Morgan fingerprint density at radius 1 is 1.07 bits per heavy atom. The third-order valence-electron chi connectivity index (χ3n) is 2.41. The Morgan fingerprint density at radius 3 is 2.40 bits per heavy atom. The summed E-state index contributed by atoms with van der Waals surface area (Å²) in [7, 11) is 2.09. The second kappa shape index (κ2) is 4.47. The first kappa shape index (κ1) is 10.9. The van der Waals surface area contributed by atoms with Crippen molar-refractivity contribution in [3.63, 3.8) is 0 Å². The van der Waals surface area contributed by atoms with Crippen LogP contribution in [0.5, 0.6) is 0 Å². The van der Waals surface area contributed by atoms with Crippen LogP contribution >= 0.6 is 23.2 Å². The molecule has 0 spiro atoms. The zero-order valence-electron chi connectivity index (χ0n) is 8.32. The van der Waals surface area contributed by atoms with Crippen LogP contribution in [0.4, 0.5) is 5.82 Å². The van der Waals surface area contributed by atoms with Gasteiger partial charge in [-0.05, 0) is 18.6 Å². The number of anilines is 1. The molecule has 1 aliphatic heterocycles. The zero-order valence-corrected chi connectivity index (χ0v) is 9.83. The fourth-order valence-corrected chi connectivity index (χ4v) is 1.82. The van der Waals surface area contributed by atoms with Crippen molar-refractivity contribution >= 4 is 29.0 Å². The first-order valence-electron chi connectivity index (χ1n) is 4.66. The summed E-state index contributed by atoms with van der Waals surface area (Å²) in [6, 6.07) is 0. The maximum atomic E-state index is 5.92. The van der Waals surface area contributed by atoms with Gasteiger partial charge < -0.3 is 9.80 Å². The van der Waals surface area contributed by atoms with Gasteiger partial charge in [-0.15, -0.1) is 10.2 Å². The predicted molar refractivity (Wildman–Crippen MR) is 59.6 cm³/mol. The van der Waals surface area contributed by atoms with E-state index in [-0.39, 0.29) is 5.28 Å². The minimum Gasteiger partial charge on any atom is -0.351 e. The second-order valence-corrected chi connectivity index (χ2v) is 4.18. The predicted octanol–water partition coefficient (Wildman–Crippen LogP) is 0.930. The largest absolute Gasteiger partial charge is 0.351 e. The van der Waals surface area contributed by atoms with Crippen molar-refractivity contribution in [1.29, 1.82) is 0 Å². The van der Waals surface area contributed by atoms with E-state index in [0.717, 1.165) is 26.2 Å². The fraction of sp³-hybridized carbons (Fsp3) is 0.625. The summed E-state index contributed by atoms with van der Waals surface area (Å²) < 4.78 is 0. The number of piperazine rings is 1. The Hall–Kier alpha value is -0.650. The summed E-state index contributed by atoms with van der Waals surface area (Å²) in [6.45, 7) is 3.73. The van der Waals surface area contributed by atoms with E-state index in [1.165, 1.54) is 0 Å². The molecule has 0 unspecified atom stereocenters. The van der Waals surface area contributed by atoms with E-state index in [0.29, 0.717) is 11.0 Å². The Kier molecular flexibility index (Phi) is 3.23. The average molecular weight is 248 g/mol. The van der Waals surface area contributed by atoms with Crippen LogP contribution in [-0.4, -0.2) is 53.3 Å². The molecule has 0 saturated carbocycles. The lowest BCUT2D eigenvalue weighted by molar-refractivity contribution is 0.312. The van der Waals surface area contributed by atoms with Crippen LogP contribution in [0.1, 0.15) is 0 Å². The lowest BCUT2D eigenvalue weighted by Gasteiger charge is -2.33. The molecule has 7 heteroatoms. The number of nitrogens with zero attached hydrogens (tertiary/aromatic N) is 5. The van der Waals surface area contributed by atoms with Crippen LogP contribution in [0.2, 0.25) is 10.4 Å². The van der Waals surface area contributed by atoms with Crippen molar-refractivity contribution in [1.82, 2.24) is 20.1 Å². The Labute approximate surface area is 98.0 Å². The number of likely N-dealkylation sites (N-methyl/N-ethyl adjacent to an activating group) is 1. The van der Waals surface area contributed by atoms with Gasteiger partial charge in [0.05, 0.1) is 0 Å². The van der Waals surface area contributed by atoms with E-state index < -0.39 is 0 Å². The van der Waals surface area contributed by atoms with Crippen LogP contribution in [0.25, 0.3) is 0 Å². The molecule has 5 nitrogen and oxygen atoms in total. The molecule has 2 rings (SSSR count). The molecular formula is C8H11Cl2N5. The Bertz CT molecular complexity index is 351. The first-order valence-corrected chi connectivity index (χ1v) is 5.41. The number of halogens is 2. The molecule has 82 valence electrons. The van der Waals surface area contributed by atoms with Crippen LogP contribution in [-0.2, 0) is 0 Å². The lowest BCUT2D eigenvalue weighted by Crippen LogP contribution is -2.45. The van der Waals surface area contributed by atoms with E-state index in [1.807, 2.05) is 0 Å². The van der Waals surface area contributed by atoms with Crippen molar-refractivity contribution in [3.05, 3.63) is 10.4 Å². The van der Waals surface area contributed by atoms with Crippen molar-refractivity contribution in [2.45, 2.75) is 0 Å². The number of aromatic nitrogens is 3. The molecule has 15 heavy (non-hydrogen) atoms. The van der Waals surface area contributed by atoms with Gasteiger partial charge in [0.15, 0.2) is 11.0 Å². The summed E-state index contributed by atoms with van der Waals surface area (Å²) >= 11 is 11.6. The highest BCUT2D eigenvalue weighted by Crippen LogP contribution is 2.22. The van der Waals surface area contributed by atoms with E-state index in [9.17, 15) is 0 Å². The summed E-state index contributed by atoms with van der Waals surface area (Å²) in [6.07, 6.45) is 0. The van der Waals surface area contributed by atoms with Gasteiger partial charge in [0.2, 0.25) is 5.28 Å². The third kappa shape index (κ3) is 2.48. The van der Waals surface area contributed by atoms with Gasteiger partial charge >= 0.3 is 0 Å². The Balaban J connectivity index is 2.18. The van der Waals surface area contributed by atoms with Crippen LogP contribution in [0.3, 0.4) is 0 Å². The molecule has 0 amide bonds. The number of rotatable bonds is 1. The summed E-state index contributed by atoms with van der Waals surface area (Å²) in [5.41, 5.74) is 0. The van der Waals surface area contributed by atoms with Crippen molar-refractivity contribution < 1.29 is 0 Å². The molecule has 0 bridgehead atoms. The van der Waals surface area contributed by atoms with E-state index >= 15 is 0 Å². The topological polar surface area (TPSA) is 45.2 Å². The molecule has 1 saturated heterocycles. The summed E-state index contributed by atoms with van der Waals surface area (Å²) in [5, 5.41) is 7.76. The monoisotopic (exact) mass is 247 g/mol. The fourth-order valence-electron chi connectivity index (χ4n) is 1.51. The molecule has 0 N–H and O–H groups in total. The van der Waals surface area contributed by atoms with E-state index in [4.69, 9.17) is 23.2 Å². The van der Waals surface area contributed by atoms with Crippen molar-refractivity contribution in [3.8, 4) is 0 Å². The summed E-state index contributed by atoms with van der Waals surface area (Å²) in [4.78, 5) is 8.41. The molecule has 0 aromatic carbocycles. The van der Waals surface area contributed by atoms with Gasteiger partial charge in [-0.2, -0.15) is 4.98 Å². The van der Waals surface area contributed by atoms with E-state index in [2.05, 4.69) is 32.0 Å². The highest BCUT2D eigenvalue weighted by atomic mass is 35.5. The highest BCUT2D eigenvalue weighted by Gasteiger charge is 2.19. The molecule has 1 fully saturated rings. The van der Waals surface area contributed by atoms with Crippen LogP contribution in [0.15, 0.2) is 0 Å². The molecule has 0 aliphatic carbocycles. The normalized spacial score (nSPS) is 18.2. The van der Waals surface area contributed by atoms with E-state index in [1.54, 1.807) is 0 Å². The molecule has 0 atom stereocenters. The maximum Gasteiger partial charge on any atom is 0.245 e. The minimum absolute atomic E-state index is 0.133. The summed E-state index contributed by atoms with van der Waals surface area (Å²) in [5.74, 6) is 0.629.